The number of hydrogen-bond donors (Lipinski definition) is 1. The Kier molecular flexibility index (Phi) is 5.67. The van der Waals surface area contributed by atoms with E-state index in [0.29, 0.717) is 10.6 Å². The molecule has 112 valence electrons. The van der Waals surface area contributed by atoms with Crippen molar-refractivity contribution in [3.05, 3.63) is 67.9 Å². The summed E-state index contributed by atoms with van der Waals surface area (Å²) in [6.45, 7) is 3.96. The van der Waals surface area contributed by atoms with Crippen LogP contribution in [0.4, 0.5) is 4.39 Å². The van der Waals surface area contributed by atoms with Crippen molar-refractivity contribution in [2.75, 3.05) is 0 Å². The van der Waals surface area contributed by atoms with E-state index in [1.165, 1.54) is 12.1 Å². The van der Waals surface area contributed by atoms with Crippen LogP contribution >= 0.6 is 39.1 Å². The van der Waals surface area contributed by atoms with Gasteiger partial charge in [-0.2, -0.15) is 0 Å². The minimum Gasteiger partial charge on any atom is -0.304 e. The van der Waals surface area contributed by atoms with Gasteiger partial charge in [-0.1, -0.05) is 57.3 Å². The minimum atomic E-state index is -0.460. The normalized spacial score (nSPS) is 14.0. The molecule has 1 unspecified atom stereocenters. The summed E-state index contributed by atoms with van der Waals surface area (Å²) in [6, 6.07) is 10.6. The van der Waals surface area contributed by atoms with Crippen molar-refractivity contribution in [2.24, 2.45) is 0 Å². The standard InChI is InChI=1S/C16H15BrCl2FN/c1-9(11-5-3-4-6-12(11)17)21-10(2)15-13(18)7-8-14(20)16(15)19/h3-10,21H,1-2H3/t9-,10?/m1/s1. The Balaban J connectivity index is 2.25. The van der Waals surface area contributed by atoms with Gasteiger partial charge in [-0.3, -0.25) is 0 Å². The molecule has 2 rings (SSSR count). The molecule has 0 heterocycles. The van der Waals surface area contributed by atoms with E-state index in [4.69, 9.17) is 23.2 Å². The molecule has 0 bridgehead atoms. The fraction of sp³-hybridized carbons (Fsp3) is 0.250. The summed E-state index contributed by atoms with van der Waals surface area (Å²) in [5.74, 6) is -0.460. The van der Waals surface area contributed by atoms with E-state index in [0.717, 1.165) is 10.0 Å². The summed E-state index contributed by atoms with van der Waals surface area (Å²) in [5, 5.41) is 3.93. The summed E-state index contributed by atoms with van der Waals surface area (Å²) in [6.07, 6.45) is 0. The summed E-state index contributed by atoms with van der Waals surface area (Å²) >= 11 is 15.7. The zero-order valence-electron chi connectivity index (χ0n) is 11.6. The summed E-state index contributed by atoms with van der Waals surface area (Å²) in [4.78, 5) is 0. The minimum absolute atomic E-state index is 0.0611. The molecular weight excluding hydrogens is 376 g/mol. The molecule has 1 nitrogen and oxygen atoms in total. The first-order chi connectivity index (χ1) is 9.91. The van der Waals surface area contributed by atoms with Crippen LogP contribution in [0, 0.1) is 5.82 Å². The van der Waals surface area contributed by atoms with E-state index in [1.807, 2.05) is 38.1 Å². The highest BCUT2D eigenvalue weighted by Crippen LogP contribution is 2.34. The average Bonchev–Trinajstić information content (AvgIpc) is 2.43. The number of hydrogen-bond acceptors (Lipinski definition) is 1. The highest BCUT2D eigenvalue weighted by Gasteiger charge is 2.19. The Morgan fingerprint density at radius 1 is 1.05 bits per heavy atom. The van der Waals surface area contributed by atoms with Crippen LogP contribution in [0.2, 0.25) is 10.0 Å². The zero-order chi connectivity index (χ0) is 15.6. The van der Waals surface area contributed by atoms with Crippen molar-refractivity contribution >= 4 is 39.1 Å². The number of benzene rings is 2. The third-order valence-electron chi connectivity index (χ3n) is 3.38. The van der Waals surface area contributed by atoms with Gasteiger partial charge in [-0.25, -0.2) is 4.39 Å². The molecule has 0 saturated carbocycles. The van der Waals surface area contributed by atoms with Crippen LogP contribution in [0.15, 0.2) is 40.9 Å². The molecule has 0 saturated heterocycles. The molecule has 21 heavy (non-hydrogen) atoms. The monoisotopic (exact) mass is 389 g/mol. The largest absolute Gasteiger partial charge is 0.304 e. The van der Waals surface area contributed by atoms with Crippen molar-refractivity contribution in [2.45, 2.75) is 25.9 Å². The lowest BCUT2D eigenvalue weighted by atomic mass is 10.0. The number of halogens is 4. The maximum Gasteiger partial charge on any atom is 0.142 e. The molecular formula is C16H15BrCl2FN. The first-order valence-corrected chi connectivity index (χ1v) is 8.10. The van der Waals surface area contributed by atoms with Crippen LogP contribution in [-0.4, -0.2) is 0 Å². The van der Waals surface area contributed by atoms with Crippen molar-refractivity contribution in [1.82, 2.24) is 5.32 Å². The summed E-state index contributed by atoms with van der Waals surface area (Å²) in [7, 11) is 0. The third kappa shape index (κ3) is 3.78. The van der Waals surface area contributed by atoms with E-state index in [-0.39, 0.29) is 17.1 Å². The lowest BCUT2D eigenvalue weighted by molar-refractivity contribution is 0.491. The summed E-state index contributed by atoms with van der Waals surface area (Å²) < 4.78 is 14.6. The maximum absolute atomic E-state index is 13.6. The predicted octanol–water partition coefficient (Wildman–Crippen LogP) is 6.31. The van der Waals surface area contributed by atoms with E-state index < -0.39 is 5.82 Å². The highest BCUT2D eigenvalue weighted by molar-refractivity contribution is 9.10. The Bertz CT molecular complexity index is 648. The second kappa shape index (κ2) is 7.10. The molecule has 0 aliphatic carbocycles. The van der Waals surface area contributed by atoms with Gasteiger partial charge in [-0.15, -0.1) is 0 Å². The molecule has 2 atom stereocenters. The SMILES string of the molecule is CC(N[C@H](C)c1ccccc1Br)c1c(Cl)ccc(F)c1Cl. The Labute approximate surface area is 142 Å². The van der Waals surface area contributed by atoms with Gasteiger partial charge in [-0.05, 0) is 37.6 Å². The molecule has 0 aromatic heterocycles. The first-order valence-electron chi connectivity index (χ1n) is 6.55. The van der Waals surface area contributed by atoms with E-state index in [2.05, 4.69) is 21.2 Å². The van der Waals surface area contributed by atoms with Crippen molar-refractivity contribution < 1.29 is 4.39 Å². The van der Waals surface area contributed by atoms with Crippen LogP contribution in [-0.2, 0) is 0 Å². The molecule has 2 aromatic rings. The van der Waals surface area contributed by atoms with E-state index in [9.17, 15) is 4.39 Å². The van der Waals surface area contributed by atoms with Gasteiger partial charge in [0.1, 0.15) is 5.82 Å². The van der Waals surface area contributed by atoms with Crippen LogP contribution < -0.4 is 5.32 Å². The van der Waals surface area contributed by atoms with Gasteiger partial charge in [0, 0.05) is 27.1 Å². The lowest BCUT2D eigenvalue weighted by Crippen LogP contribution is -2.23. The maximum atomic E-state index is 13.6. The molecule has 0 fully saturated rings. The predicted molar refractivity (Wildman–Crippen MR) is 90.5 cm³/mol. The van der Waals surface area contributed by atoms with Gasteiger partial charge in [0.2, 0.25) is 0 Å². The van der Waals surface area contributed by atoms with E-state index in [1.54, 1.807) is 0 Å². The molecule has 0 spiro atoms. The van der Waals surface area contributed by atoms with Crippen molar-refractivity contribution in [3.63, 3.8) is 0 Å². The second-order valence-corrected chi connectivity index (χ2v) is 6.53. The Morgan fingerprint density at radius 2 is 1.71 bits per heavy atom. The third-order valence-corrected chi connectivity index (χ3v) is 4.82. The Hall–Kier alpha value is -0.610. The molecule has 0 radical (unpaired) electrons. The topological polar surface area (TPSA) is 12.0 Å². The van der Waals surface area contributed by atoms with Gasteiger partial charge < -0.3 is 5.32 Å². The van der Waals surface area contributed by atoms with Crippen molar-refractivity contribution in [1.29, 1.82) is 0 Å². The van der Waals surface area contributed by atoms with Gasteiger partial charge in [0.25, 0.3) is 0 Å². The highest BCUT2D eigenvalue weighted by atomic mass is 79.9. The van der Waals surface area contributed by atoms with Crippen LogP contribution in [0.5, 0.6) is 0 Å². The number of nitrogens with one attached hydrogen (secondary N) is 1. The second-order valence-electron chi connectivity index (χ2n) is 4.89. The Morgan fingerprint density at radius 3 is 2.38 bits per heavy atom. The molecule has 2 aromatic carbocycles. The number of rotatable bonds is 4. The van der Waals surface area contributed by atoms with Crippen LogP contribution in [0.25, 0.3) is 0 Å². The average molecular weight is 391 g/mol. The molecule has 0 aliphatic heterocycles. The summed E-state index contributed by atoms with van der Waals surface area (Å²) in [5.41, 5.74) is 1.70. The molecule has 5 heteroatoms. The fourth-order valence-corrected chi connectivity index (χ4v) is 3.64. The quantitative estimate of drug-likeness (QED) is 0.603. The molecule has 0 amide bonds. The van der Waals surface area contributed by atoms with Crippen molar-refractivity contribution in [3.8, 4) is 0 Å². The smallest absolute Gasteiger partial charge is 0.142 e. The van der Waals surface area contributed by atoms with E-state index >= 15 is 0 Å². The van der Waals surface area contributed by atoms with Gasteiger partial charge in [0.05, 0.1) is 5.02 Å². The molecule has 0 aliphatic rings. The lowest BCUT2D eigenvalue weighted by Gasteiger charge is -2.23. The van der Waals surface area contributed by atoms with Gasteiger partial charge >= 0.3 is 0 Å². The molecule has 1 N–H and O–H groups in total. The van der Waals surface area contributed by atoms with Gasteiger partial charge in [0.15, 0.2) is 0 Å². The van der Waals surface area contributed by atoms with Crippen LogP contribution in [0.3, 0.4) is 0 Å². The first kappa shape index (κ1) is 16.8. The fourth-order valence-electron chi connectivity index (χ4n) is 2.31. The zero-order valence-corrected chi connectivity index (χ0v) is 14.7. The van der Waals surface area contributed by atoms with Crippen LogP contribution in [0.1, 0.15) is 37.1 Å².